The lowest BCUT2D eigenvalue weighted by atomic mass is 10.1. The summed E-state index contributed by atoms with van der Waals surface area (Å²) in [6.45, 7) is 8.80. The molecule has 2 aliphatic heterocycles. The van der Waals surface area contributed by atoms with Crippen molar-refractivity contribution in [2.45, 2.75) is 51.8 Å². The molecule has 13 heteroatoms. The van der Waals surface area contributed by atoms with E-state index in [1.807, 2.05) is 30.3 Å². The lowest BCUT2D eigenvalue weighted by Gasteiger charge is -2.30. The van der Waals surface area contributed by atoms with Gasteiger partial charge in [-0.1, -0.05) is 24.3 Å². The maximum atomic E-state index is 13.3. The number of nitrogens with two attached hydrogens (primary N) is 1. The molecule has 0 bridgehead atoms. The Kier molecular flexibility index (Phi) is 9.23. The van der Waals surface area contributed by atoms with Gasteiger partial charge in [0.05, 0.1) is 42.7 Å². The van der Waals surface area contributed by atoms with E-state index in [2.05, 4.69) is 30.5 Å². The molecule has 2 aromatic heterocycles. The number of benzene rings is 1. The summed E-state index contributed by atoms with van der Waals surface area (Å²) in [5.74, 6) is -0.705. The van der Waals surface area contributed by atoms with Crippen LogP contribution in [0.5, 0.6) is 0 Å². The minimum atomic E-state index is -0.631. The number of nitrogens with one attached hydrogen (secondary N) is 2. The van der Waals surface area contributed by atoms with Crippen LogP contribution in [0.1, 0.15) is 49.7 Å². The predicted octanol–water partition coefficient (Wildman–Crippen LogP) is 3.23. The summed E-state index contributed by atoms with van der Waals surface area (Å²) >= 11 is 0. The molecule has 2 saturated heterocycles. The van der Waals surface area contributed by atoms with E-state index in [-0.39, 0.29) is 24.0 Å². The maximum Gasteiger partial charge on any atom is 0.410 e. The lowest BCUT2D eigenvalue weighted by molar-refractivity contribution is -0.125. The summed E-state index contributed by atoms with van der Waals surface area (Å²) in [6.07, 6.45) is 5.64. The molecule has 232 valence electrons. The van der Waals surface area contributed by atoms with E-state index in [0.717, 1.165) is 23.2 Å². The number of rotatable bonds is 7. The largest absolute Gasteiger partial charge is 0.444 e. The minimum Gasteiger partial charge on any atom is -0.444 e. The third-order valence-corrected chi connectivity index (χ3v) is 7.31. The van der Waals surface area contributed by atoms with Crippen molar-refractivity contribution in [3.05, 3.63) is 60.2 Å². The average Bonchev–Trinajstić information content (AvgIpc) is 3.51. The standard InChI is InChI=1S/C31H38N8O5/c1-31(2,3)44-30(42)39-12-4-5-25(39)28(40)35-17-20-6-8-21(9-7-20)22-19-34-27(32)26(36-22)29(41)37-23-18-33-11-10-24(23)38-13-15-43-16-14-38/h6-11,18-19,25H,4-5,12-17H2,1-3H3,(H2,32,34)(H,35,40)(H,37,41)/t25-/m0/s1. The monoisotopic (exact) mass is 602 g/mol. The smallest absolute Gasteiger partial charge is 0.410 e. The Morgan fingerprint density at radius 2 is 1.82 bits per heavy atom. The maximum absolute atomic E-state index is 13.3. The topological polar surface area (TPSA) is 165 Å². The first-order valence-corrected chi connectivity index (χ1v) is 14.7. The second kappa shape index (κ2) is 13.2. The van der Waals surface area contributed by atoms with Gasteiger partial charge in [0.2, 0.25) is 5.91 Å². The van der Waals surface area contributed by atoms with Crippen LogP contribution < -0.4 is 21.3 Å². The Labute approximate surface area is 256 Å². The highest BCUT2D eigenvalue weighted by Crippen LogP contribution is 2.27. The van der Waals surface area contributed by atoms with Crippen LogP contribution in [0.15, 0.2) is 48.9 Å². The number of carbonyl (C=O) groups excluding carboxylic acids is 3. The van der Waals surface area contributed by atoms with Gasteiger partial charge in [-0.2, -0.15) is 0 Å². The van der Waals surface area contributed by atoms with Crippen molar-refractivity contribution in [3.8, 4) is 11.3 Å². The number of anilines is 3. The zero-order valence-corrected chi connectivity index (χ0v) is 25.2. The Morgan fingerprint density at radius 1 is 1.07 bits per heavy atom. The van der Waals surface area contributed by atoms with Gasteiger partial charge < -0.3 is 30.7 Å². The Hall–Kier alpha value is -4.78. The van der Waals surface area contributed by atoms with Crippen molar-refractivity contribution in [2.75, 3.05) is 48.8 Å². The van der Waals surface area contributed by atoms with Crippen LogP contribution in [0.25, 0.3) is 11.3 Å². The van der Waals surface area contributed by atoms with Gasteiger partial charge in [0.15, 0.2) is 11.5 Å². The van der Waals surface area contributed by atoms with Crippen molar-refractivity contribution in [2.24, 2.45) is 0 Å². The molecule has 4 N–H and O–H groups in total. The number of nitrogen functional groups attached to an aromatic ring is 1. The molecule has 2 aliphatic rings. The zero-order valence-electron chi connectivity index (χ0n) is 25.2. The van der Waals surface area contributed by atoms with Gasteiger partial charge in [-0.25, -0.2) is 14.8 Å². The highest BCUT2D eigenvalue weighted by molar-refractivity contribution is 6.07. The molecule has 5 rings (SSSR count). The second-order valence-electron chi connectivity index (χ2n) is 11.7. The molecule has 0 saturated carbocycles. The fourth-order valence-electron chi connectivity index (χ4n) is 5.13. The molecule has 0 unspecified atom stereocenters. The molecule has 3 aromatic rings. The average molecular weight is 603 g/mol. The van der Waals surface area contributed by atoms with E-state index in [4.69, 9.17) is 15.2 Å². The molecular formula is C31H38N8O5. The molecule has 3 amide bonds. The van der Waals surface area contributed by atoms with E-state index in [1.54, 1.807) is 33.2 Å². The quantitative estimate of drug-likeness (QED) is 0.366. The zero-order chi connectivity index (χ0) is 31.3. The molecule has 0 radical (unpaired) electrons. The summed E-state index contributed by atoms with van der Waals surface area (Å²) in [6, 6.07) is 8.68. The predicted molar refractivity (Wildman–Crippen MR) is 165 cm³/mol. The molecule has 1 atom stereocenters. The normalized spacial score (nSPS) is 16.8. The number of nitrogens with zero attached hydrogens (tertiary/aromatic N) is 5. The van der Waals surface area contributed by atoms with Crippen molar-refractivity contribution in [1.29, 1.82) is 0 Å². The molecule has 13 nitrogen and oxygen atoms in total. The Bertz CT molecular complexity index is 1500. The molecule has 2 fully saturated rings. The number of carbonyl (C=O) groups is 3. The number of ether oxygens (including phenoxy) is 2. The summed E-state index contributed by atoms with van der Waals surface area (Å²) in [4.78, 5) is 55.2. The van der Waals surface area contributed by atoms with E-state index in [1.165, 1.54) is 11.1 Å². The highest BCUT2D eigenvalue weighted by Gasteiger charge is 2.36. The van der Waals surface area contributed by atoms with Crippen molar-refractivity contribution >= 4 is 35.1 Å². The van der Waals surface area contributed by atoms with E-state index >= 15 is 0 Å². The molecule has 44 heavy (non-hydrogen) atoms. The minimum absolute atomic E-state index is 0.00160. The third kappa shape index (κ3) is 7.40. The van der Waals surface area contributed by atoms with Crippen LogP contribution in [0.2, 0.25) is 0 Å². The third-order valence-electron chi connectivity index (χ3n) is 7.31. The van der Waals surface area contributed by atoms with Gasteiger partial charge in [0, 0.05) is 37.9 Å². The molecule has 4 heterocycles. The lowest BCUT2D eigenvalue weighted by Crippen LogP contribution is -2.47. The van der Waals surface area contributed by atoms with Crippen LogP contribution in [0, 0.1) is 0 Å². The van der Waals surface area contributed by atoms with Gasteiger partial charge in [-0.05, 0) is 45.2 Å². The van der Waals surface area contributed by atoms with Gasteiger partial charge in [-0.3, -0.25) is 19.5 Å². The first-order valence-electron chi connectivity index (χ1n) is 14.7. The number of hydrogen-bond acceptors (Lipinski definition) is 10. The highest BCUT2D eigenvalue weighted by atomic mass is 16.6. The summed E-state index contributed by atoms with van der Waals surface area (Å²) in [7, 11) is 0. The SMILES string of the molecule is CC(C)(C)OC(=O)N1CCC[C@H]1C(=O)NCc1ccc(-c2cnc(N)c(C(=O)Nc3cnccc3N3CCOCC3)n2)cc1. The van der Waals surface area contributed by atoms with Crippen LogP contribution in [0.3, 0.4) is 0 Å². The van der Waals surface area contributed by atoms with Crippen molar-refractivity contribution < 1.29 is 23.9 Å². The fraction of sp³-hybridized carbons (Fsp3) is 0.419. The second-order valence-corrected chi connectivity index (χ2v) is 11.7. The number of hydrogen-bond donors (Lipinski definition) is 3. The molecule has 0 spiro atoms. The van der Waals surface area contributed by atoms with Crippen LogP contribution in [-0.4, -0.2) is 82.3 Å². The first-order chi connectivity index (χ1) is 21.1. The molecule has 0 aliphatic carbocycles. The van der Waals surface area contributed by atoms with Crippen LogP contribution in [-0.2, 0) is 20.8 Å². The van der Waals surface area contributed by atoms with E-state index in [9.17, 15) is 14.4 Å². The van der Waals surface area contributed by atoms with Gasteiger partial charge in [0.1, 0.15) is 11.6 Å². The Morgan fingerprint density at radius 3 is 2.55 bits per heavy atom. The summed E-state index contributed by atoms with van der Waals surface area (Å²) in [5.41, 5.74) is 8.87. The van der Waals surface area contributed by atoms with E-state index < -0.39 is 23.6 Å². The number of pyridine rings is 1. The van der Waals surface area contributed by atoms with Gasteiger partial charge >= 0.3 is 6.09 Å². The molecule has 1 aromatic carbocycles. The number of amides is 3. The van der Waals surface area contributed by atoms with Gasteiger partial charge in [0.25, 0.3) is 5.91 Å². The van der Waals surface area contributed by atoms with Crippen LogP contribution >= 0.6 is 0 Å². The number of morpholine rings is 1. The van der Waals surface area contributed by atoms with Crippen LogP contribution in [0.4, 0.5) is 22.0 Å². The number of aromatic nitrogens is 3. The van der Waals surface area contributed by atoms with Crippen molar-refractivity contribution in [1.82, 2.24) is 25.2 Å². The summed E-state index contributed by atoms with van der Waals surface area (Å²) in [5, 5.41) is 5.81. The molecular weight excluding hydrogens is 564 g/mol. The number of likely N-dealkylation sites (tertiary alicyclic amines) is 1. The van der Waals surface area contributed by atoms with E-state index in [0.29, 0.717) is 50.7 Å². The van der Waals surface area contributed by atoms with Gasteiger partial charge in [-0.15, -0.1) is 0 Å². The fourth-order valence-corrected chi connectivity index (χ4v) is 5.13. The first kappa shape index (κ1) is 30.7. The van der Waals surface area contributed by atoms with Crippen molar-refractivity contribution in [3.63, 3.8) is 0 Å². The summed E-state index contributed by atoms with van der Waals surface area (Å²) < 4.78 is 10.9. The Balaban J connectivity index is 1.22.